The molecule has 4 saturated carbocycles. The number of hydrogen-bond acceptors (Lipinski definition) is 4. The molecule has 7 heteroatoms. The number of likely N-dealkylation sites (tertiary alicyclic amines) is 1. The fourth-order valence-electron chi connectivity index (χ4n) is 6.48. The molecular weight excluding hydrogens is 334 g/mol. The second kappa shape index (κ2) is 6.74. The van der Waals surface area contributed by atoms with E-state index in [1.165, 1.54) is 50.5 Å². The SMILES string of the molecule is COC(=O)N1CCCC1C(=O)NNC(=O)CC12CC3CC(CC(C3)C1)C2. The zero-order valence-corrected chi connectivity index (χ0v) is 15.5. The minimum atomic E-state index is -0.567. The van der Waals surface area contributed by atoms with Crippen LogP contribution in [0.15, 0.2) is 0 Å². The first kappa shape index (κ1) is 17.6. The van der Waals surface area contributed by atoms with E-state index >= 15 is 0 Å². The molecule has 0 aromatic heterocycles. The Morgan fingerprint density at radius 1 is 1.04 bits per heavy atom. The molecule has 144 valence electrons. The first-order chi connectivity index (χ1) is 12.5. The Balaban J connectivity index is 1.29. The summed E-state index contributed by atoms with van der Waals surface area (Å²) in [5.41, 5.74) is 5.27. The van der Waals surface area contributed by atoms with Crippen LogP contribution in [0.4, 0.5) is 4.79 Å². The number of carbonyl (C=O) groups is 3. The number of rotatable bonds is 3. The number of ether oxygens (including phenoxy) is 1. The van der Waals surface area contributed by atoms with Crippen molar-refractivity contribution in [2.24, 2.45) is 23.2 Å². The highest BCUT2D eigenvalue weighted by atomic mass is 16.5. The zero-order chi connectivity index (χ0) is 18.3. The molecule has 0 radical (unpaired) electrons. The molecule has 0 aromatic rings. The van der Waals surface area contributed by atoms with Crippen LogP contribution >= 0.6 is 0 Å². The van der Waals surface area contributed by atoms with Gasteiger partial charge in [0.05, 0.1) is 7.11 Å². The molecule has 4 aliphatic carbocycles. The van der Waals surface area contributed by atoms with Crippen LogP contribution in [0.3, 0.4) is 0 Å². The van der Waals surface area contributed by atoms with Gasteiger partial charge in [0.2, 0.25) is 5.91 Å². The van der Waals surface area contributed by atoms with E-state index in [1.54, 1.807) is 0 Å². The van der Waals surface area contributed by atoms with Crippen LogP contribution in [0.25, 0.3) is 0 Å². The van der Waals surface area contributed by atoms with Gasteiger partial charge in [0.25, 0.3) is 5.91 Å². The van der Waals surface area contributed by atoms with Gasteiger partial charge in [-0.25, -0.2) is 4.79 Å². The molecule has 0 aromatic carbocycles. The Morgan fingerprint density at radius 3 is 2.23 bits per heavy atom. The van der Waals surface area contributed by atoms with Crippen LogP contribution in [-0.2, 0) is 14.3 Å². The third kappa shape index (κ3) is 3.28. The van der Waals surface area contributed by atoms with Crippen molar-refractivity contribution in [2.75, 3.05) is 13.7 Å². The molecule has 1 heterocycles. The summed E-state index contributed by atoms with van der Waals surface area (Å²) in [5, 5.41) is 0. The monoisotopic (exact) mass is 363 g/mol. The molecule has 1 aliphatic heterocycles. The molecular formula is C19H29N3O4. The quantitative estimate of drug-likeness (QED) is 0.751. The second-order valence-corrected chi connectivity index (χ2v) is 8.95. The van der Waals surface area contributed by atoms with Crippen LogP contribution in [0.2, 0.25) is 0 Å². The first-order valence-corrected chi connectivity index (χ1v) is 9.91. The minimum Gasteiger partial charge on any atom is -0.453 e. The summed E-state index contributed by atoms with van der Waals surface area (Å²) in [6, 6.07) is -0.567. The van der Waals surface area contributed by atoms with E-state index in [0.29, 0.717) is 19.4 Å². The summed E-state index contributed by atoms with van der Waals surface area (Å²) in [6.45, 7) is 0.506. The Kier molecular flexibility index (Phi) is 4.57. The summed E-state index contributed by atoms with van der Waals surface area (Å²) in [5.74, 6) is 1.96. The van der Waals surface area contributed by atoms with Crippen LogP contribution < -0.4 is 10.9 Å². The number of carbonyl (C=O) groups excluding carboxylic acids is 3. The number of nitrogens with one attached hydrogen (secondary N) is 2. The van der Waals surface area contributed by atoms with E-state index < -0.39 is 12.1 Å². The van der Waals surface area contributed by atoms with Gasteiger partial charge < -0.3 is 4.74 Å². The van der Waals surface area contributed by atoms with Gasteiger partial charge in [0.15, 0.2) is 0 Å². The molecule has 5 fully saturated rings. The molecule has 2 N–H and O–H groups in total. The Hall–Kier alpha value is -1.79. The molecule has 0 spiro atoms. The lowest BCUT2D eigenvalue weighted by Crippen LogP contribution is -2.53. The van der Waals surface area contributed by atoms with Gasteiger partial charge in [-0.1, -0.05) is 0 Å². The lowest BCUT2D eigenvalue weighted by Gasteiger charge is -2.56. The van der Waals surface area contributed by atoms with Crippen LogP contribution in [0.1, 0.15) is 57.8 Å². The molecule has 5 rings (SSSR count). The predicted octanol–water partition coefficient (Wildman–Crippen LogP) is 1.97. The molecule has 1 atom stereocenters. The molecule has 5 aliphatic rings. The number of hydrazine groups is 1. The molecule has 3 amide bonds. The Labute approximate surface area is 154 Å². The highest BCUT2D eigenvalue weighted by Gasteiger charge is 2.51. The van der Waals surface area contributed by atoms with Gasteiger partial charge in [-0.05, 0) is 74.5 Å². The first-order valence-electron chi connectivity index (χ1n) is 9.91. The van der Waals surface area contributed by atoms with Gasteiger partial charge in [-0.2, -0.15) is 0 Å². The summed E-state index contributed by atoms with van der Waals surface area (Å²) >= 11 is 0. The van der Waals surface area contributed by atoms with Crippen molar-refractivity contribution in [1.82, 2.24) is 15.8 Å². The average molecular weight is 363 g/mol. The standard InChI is InChI=1S/C19H29N3O4/c1-26-18(25)22-4-2-3-15(22)17(24)21-20-16(23)11-19-8-12-5-13(9-19)7-14(6-12)10-19/h12-15H,2-11H2,1H3,(H,20,23)(H,21,24). The van der Waals surface area contributed by atoms with Crippen molar-refractivity contribution in [1.29, 1.82) is 0 Å². The lowest BCUT2D eigenvalue weighted by atomic mass is 9.49. The maximum Gasteiger partial charge on any atom is 0.410 e. The topological polar surface area (TPSA) is 87.7 Å². The molecule has 7 nitrogen and oxygen atoms in total. The van der Waals surface area contributed by atoms with E-state index in [1.807, 2.05) is 0 Å². The number of methoxy groups -OCH3 is 1. The Bertz CT molecular complexity index is 570. The van der Waals surface area contributed by atoms with E-state index in [-0.39, 0.29) is 17.2 Å². The summed E-state index contributed by atoms with van der Waals surface area (Å²) in [4.78, 5) is 38.0. The molecule has 4 bridgehead atoms. The highest BCUT2D eigenvalue weighted by Crippen LogP contribution is 2.61. The lowest BCUT2D eigenvalue weighted by molar-refractivity contribution is -0.135. The fraction of sp³-hybridized carbons (Fsp3) is 0.842. The van der Waals surface area contributed by atoms with Crippen molar-refractivity contribution in [2.45, 2.75) is 63.8 Å². The van der Waals surface area contributed by atoms with Crippen molar-refractivity contribution in [3.63, 3.8) is 0 Å². The maximum absolute atomic E-state index is 12.5. The third-order valence-corrected chi connectivity index (χ3v) is 6.99. The van der Waals surface area contributed by atoms with Gasteiger partial charge in [-0.15, -0.1) is 0 Å². The van der Waals surface area contributed by atoms with E-state index in [0.717, 1.165) is 24.2 Å². The average Bonchev–Trinajstić information content (AvgIpc) is 3.07. The molecule has 1 unspecified atom stereocenters. The highest BCUT2D eigenvalue weighted by molar-refractivity contribution is 5.88. The second-order valence-electron chi connectivity index (χ2n) is 8.95. The van der Waals surface area contributed by atoms with Crippen molar-refractivity contribution < 1.29 is 19.1 Å². The smallest absolute Gasteiger partial charge is 0.410 e. The van der Waals surface area contributed by atoms with Crippen LogP contribution in [-0.4, -0.2) is 42.5 Å². The molecule has 26 heavy (non-hydrogen) atoms. The van der Waals surface area contributed by atoms with Crippen molar-refractivity contribution in [3.8, 4) is 0 Å². The van der Waals surface area contributed by atoms with E-state index in [9.17, 15) is 14.4 Å². The van der Waals surface area contributed by atoms with E-state index in [4.69, 9.17) is 4.74 Å². The minimum absolute atomic E-state index is 0.108. The van der Waals surface area contributed by atoms with Gasteiger partial charge in [0.1, 0.15) is 6.04 Å². The van der Waals surface area contributed by atoms with Crippen molar-refractivity contribution in [3.05, 3.63) is 0 Å². The fourth-order valence-corrected chi connectivity index (χ4v) is 6.48. The number of amides is 3. The third-order valence-electron chi connectivity index (χ3n) is 6.99. The van der Waals surface area contributed by atoms with Crippen LogP contribution in [0.5, 0.6) is 0 Å². The van der Waals surface area contributed by atoms with Gasteiger partial charge >= 0.3 is 6.09 Å². The Morgan fingerprint density at radius 2 is 1.65 bits per heavy atom. The summed E-state index contributed by atoms with van der Waals surface area (Å²) < 4.78 is 4.72. The van der Waals surface area contributed by atoms with Crippen LogP contribution in [0, 0.1) is 23.2 Å². The maximum atomic E-state index is 12.5. The number of nitrogens with zero attached hydrogens (tertiary/aromatic N) is 1. The zero-order valence-electron chi connectivity index (χ0n) is 15.5. The van der Waals surface area contributed by atoms with E-state index in [2.05, 4.69) is 10.9 Å². The predicted molar refractivity (Wildman–Crippen MR) is 93.6 cm³/mol. The summed E-state index contributed by atoms with van der Waals surface area (Å²) in [6.07, 6.45) is 8.90. The number of hydrogen-bond donors (Lipinski definition) is 2. The molecule has 1 saturated heterocycles. The largest absolute Gasteiger partial charge is 0.453 e. The summed E-state index contributed by atoms with van der Waals surface area (Å²) in [7, 11) is 1.31. The normalized spacial score (nSPS) is 37.5. The van der Waals surface area contributed by atoms with Crippen molar-refractivity contribution >= 4 is 17.9 Å². The van der Waals surface area contributed by atoms with Gasteiger partial charge in [0, 0.05) is 13.0 Å². The van der Waals surface area contributed by atoms with Gasteiger partial charge in [-0.3, -0.25) is 25.3 Å².